The van der Waals surface area contributed by atoms with Gasteiger partial charge in [0.05, 0.1) is 22.6 Å². The summed E-state index contributed by atoms with van der Waals surface area (Å²) in [7, 11) is 0. The summed E-state index contributed by atoms with van der Waals surface area (Å²) in [5, 5.41) is 3.66. The Hall–Kier alpha value is -4.71. The molecule has 0 aliphatic carbocycles. The van der Waals surface area contributed by atoms with Crippen molar-refractivity contribution in [1.29, 1.82) is 0 Å². The largest absolute Gasteiger partial charge is 0.322 e. The van der Waals surface area contributed by atoms with Crippen LogP contribution in [0.25, 0.3) is 16.6 Å². The summed E-state index contributed by atoms with van der Waals surface area (Å²) in [5.74, 6) is 0.550. The molecule has 0 spiro atoms. The summed E-state index contributed by atoms with van der Waals surface area (Å²) >= 11 is 0. The first kappa shape index (κ1) is 28.8. The number of amides is 2. The Labute approximate surface area is 247 Å². The number of nitrogens with zero attached hydrogens (tertiary/aromatic N) is 3. The number of hydrogen-bond acceptors (Lipinski definition) is 3. The molecule has 0 saturated heterocycles. The van der Waals surface area contributed by atoms with E-state index in [0.29, 0.717) is 36.1 Å². The Morgan fingerprint density at radius 1 is 0.857 bits per heavy atom. The fraction of sp³-hybridized carbons (Fsp3) is 0.250. The van der Waals surface area contributed by atoms with Crippen LogP contribution in [0, 0.1) is 13.8 Å². The number of urea groups is 1. The Balaban J connectivity index is 1.63. The Morgan fingerprint density at radius 2 is 1.57 bits per heavy atom. The Morgan fingerprint density at radius 3 is 2.26 bits per heavy atom. The van der Waals surface area contributed by atoms with E-state index in [2.05, 4.69) is 31.3 Å². The molecule has 1 heterocycles. The highest BCUT2D eigenvalue weighted by molar-refractivity contribution is 5.89. The van der Waals surface area contributed by atoms with Gasteiger partial charge in [-0.3, -0.25) is 9.36 Å². The first-order valence-electron chi connectivity index (χ1n) is 14.7. The second-order valence-corrected chi connectivity index (χ2v) is 10.7. The van der Waals surface area contributed by atoms with Gasteiger partial charge >= 0.3 is 6.03 Å². The molecule has 1 aromatic heterocycles. The van der Waals surface area contributed by atoms with Crippen LogP contribution in [0.5, 0.6) is 0 Å². The average Bonchev–Trinajstić information content (AvgIpc) is 3.01. The van der Waals surface area contributed by atoms with E-state index in [1.165, 1.54) is 5.56 Å². The fourth-order valence-corrected chi connectivity index (χ4v) is 5.34. The molecule has 0 fully saturated rings. The van der Waals surface area contributed by atoms with E-state index in [1.54, 1.807) is 4.57 Å². The van der Waals surface area contributed by atoms with E-state index >= 15 is 0 Å². The molecular formula is C36H38N4O2. The van der Waals surface area contributed by atoms with Crippen molar-refractivity contribution in [2.75, 3.05) is 11.9 Å². The molecule has 1 N–H and O–H groups in total. The lowest BCUT2D eigenvalue weighted by Gasteiger charge is -2.32. The third kappa shape index (κ3) is 6.13. The van der Waals surface area contributed by atoms with E-state index in [1.807, 2.05) is 104 Å². The van der Waals surface area contributed by atoms with Crippen molar-refractivity contribution in [3.63, 3.8) is 0 Å². The maximum atomic E-state index is 14.1. The lowest BCUT2D eigenvalue weighted by molar-refractivity contribution is 0.182. The van der Waals surface area contributed by atoms with E-state index < -0.39 is 6.04 Å². The van der Waals surface area contributed by atoms with Crippen LogP contribution in [0.3, 0.4) is 0 Å². The summed E-state index contributed by atoms with van der Waals surface area (Å²) in [6.45, 7) is 8.70. The summed E-state index contributed by atoms with van der Waals surface area (Å²) < 4.78 is 1.70. The molecule has 6 nitrogen and oxygen atoms in total. The lowest BCUT2D eigenvalue weighted by atomic mass is 10.1. The quantitative estimate of drug-likeness (QED) is 0.201. The molecule has 0 bridgehead atoms. The second kappa shape index (κ2) is 12.9. The number of rotatable bonds is 9. The zero-order valence-corrected chi connectivity index (χ0v) is 24.8. The topological polar surface area (TPSA) is 67.2 Å². The number of hydrogen-bond donors (Lipinski definition) is 1. The number of carbonyl (C=O) groups is 1. The molecule has 2 amide bonds. The van der Waals surface area contributed by atoms with Gasteiger partial charge in [-0.1, -0.05) is 74.5 Å². The lowest BCUT2D eigenvalue weighted by Crippen LogP contribution is -2.42. The van der Waals surface area contributed by atoms with Crippen molar-refractivity contribution in [2.24, 2.45) is 0 Å². The average molecular weight is 559 g/mol. The second-order valence-electron chi connectivity index (χ2n) is 10.7. The van der Waals surface area contributed by atoms with Gasteiger partial charge in [0.15, 0.2) is 0 Å². The van der Waals surface area contributed by atoms with Gasteiger partial charge in [-0.15, -0.1) is 0 Å². The SMILES string of the molecule is CCc1ccc(NC(=O)N(CCc2ccccc2)C(CC)c2nc3ccccc3c(=O)n2-c2ccc(C)c(C)c2)cc1. The van der Waals surface area contributed by atoms with Crippen molar-refractivity contribution < 1.29 is 4.79 Å². The van der Waals surface area contributed by atoms with Crippen molar-refractivity contribution >= 4 is 22.6 Å². The number of carbonyl (C=O) groups excluding carboxylic acids is 1. The zero-order valence-electron chi connectivity index (χ0n) is 24.8. The van der Waals surface area contributed by atoms with E-state index in [-0.39, 0.29) is 11.6 Å². The molecule has 0 saturated carbocycles. The highest BCUT2D eigenvalue weighted by atomic mass is 16.2. The Bertz CT molecular complexity index is 1740. The minimum Gasteiger partial charge on any atom is -0.314 e. The maximum absolute atomic E-state index is 14.1. The van der Waals surface area contributed by atoms with Gasteiger partial charge in [0.25, 0.3) is 5.56 Å². The summed E-state index contributed by atoms with van der Waals surface area (Å²) in [4.78, 5) is 35.0. The van der Waals surface area contributed by atoms with Gasteiger partial charge in [0.2, 0.25) is 0 Å². The number of nitrogens with one attached hydrogen (secondary N) is 1. The molecule has 1 atom stereocenters. The molecule has 5 rings (SSSR count). The number of aromatic nitrogens is 2. The standard InChI is InChI=1S/C36H38N4O2/c1-5-27-17-19-29(20-18-27)37-36(42)39(23-22-28-12-8-7-9-13-28)33(6-2)34-38-32-15-11-10-14-31(32)35(41)40(34)30-21-16-25(3)26(4)24-30/h7-21,24,33H,5-6,22-23H2,1-4H3,(H,37,42). The van der Waals surface area contributed by atoms with Crippen LogP contribution in [0.2, 0.25) is 0 Å². The summed E-state index contributed by atoms with van der Waals surface area (Å²) in [5.41, 5.74) is 6.52. The predicted molar refractivity (Wildman–Crippen MR) is 172 cm³/mol. The molecule has 0 aliphatic heterocycles. The number of aryl methyl sites for hydroxylation is 3. The van der Waals surface area contributed by atoms with Gasteiger partial charge in [0.1, 0.15) is 5.82 Å². The normalized spacial score (nSPS) is 11.8. The van der Waals surface area contributed by atoms with Gasteiger partial charge < -0.3 is 10.2 Å². The smallest absolute Gasteiger partial charge is 0.314 e. The van der Waals surface area contributed by atoms with Crippen LogP contribution in [0.15, 0.2) is 102 Å². The molecule has 42 heavy (non-hydrogen) atoms. The third-order valence-electron chi connectivity index (χ3n) is 7.97. The van der Waals surface area contributed by atoms with Gasteiger partial charge in [-0.25, -0.2) is 9.78 Å². The molecule has 0 aliphatic rings. The van der Waals surface area contributed by atoms with Crippen LogP contribution >= 0.6 is 0 Å². The summed E-state index contributed by atoms with van der Waals surface area (Å²) in [6, 6.07) is 30.8. The van der Waals surface area contributed by atoms with Crippen molar-refractivity contribution in [3.8, 4) is 5.69 Å². The van der Waals surface area contributed by atoms with Crippen LogP contribution in [0.4, 0.5) is 10.5 Å². The molecule has 5 aromatic rings. The van der Waals surface area contributed by atoms with Crippen LogP contribution in [-0.2, 0) is 12.8 Å². The highest BCUT2D eigenvalue weighted by Gasteiger charge is 2.29. The molecule has 1 unspecified atom stereocenters. The van der Waals surface area contributed by atoms with Gasteiger partial charge in [-0.05, 0) is 91.8 Å². The van der Waals surface area contributed by atoms with Crippen molar-refractivity contribution in [3.05, 3.63) is 135 Å². The third-order valence-corrected chi connectivity index (χ3v) is 7.97. The molecule has 4 aromatic carbocycles. The minimum atomic E-state index is -0.456. The number of fused-ring (bicyclic) bond motifs is 1. The van der Waals surface area contributed by atoms with Gasteiger partial charge in [-0.2, -0.15) is 0 Å². The molecule has 0 radical (unpaired) electrons. The van der Waals surface area contributed by atoms with Crippen LogP contribution < -0.4 is 10.9 Å². The van der Waals surface area contributed by atoms with Crippen molar-refractivity contribution in [2.45, 2.75) is 53.0 Å². The predicted octanol–water partition coefficient (Wildman–Crippen LogP) is 7.79. The molecule has 214 valence electrons. The zero-order chi connectivity index (χ0) is 29.6. The van der Waals surface area contributed by atoms with Crippen molar-refractivity contribution in [1.82, 2.24) is 14.5 Å². The Kier molecular flexibility index (Phi) is 8.82. The van der Waals surface area contributed by atoms with E-state index in [9.17, 15) is 9.59 Å². The fourth-order valence-electron chi connectivity index (χ4n) is 5.34. The van der Waals surface area contributed by atoms with Gasteiger partial charge in [0, 0.05) is 12.2 Å². The first-order valence-corrected chi connectivity index (χ1v) is 14.7. The minimum absolute atomic E-state index is 0.143. The first-order chi connectivity index (χ1) is 20.4. The number of para-hydroxylation sites is 1. The number of anilines is 1. The highest BCUT2D eigenvalue weighted by Crippen LogP contribution is 2.28. The van der Waals surface area contributed by atoms with Crippen LogP contribution in [0.1, 0.15) is 54.4 Å². The summed E-state index contributed by atoms with van der Waals surface area (Å²) in [6.07, 6.45) is 2.17. The monoisotopic (exact) mass is 558 g/mol. The molecular weight excluding hydrogens is 520 g/mol. The van der Waals surface area contributed by atoms with Crippen LogP contribution in [-0.4, -0.2) is 27.0 Å². The number of benzene rings is 4. The van der Waals surface area contributed by atoms with E-state index in [0.717, 1.165) is 34.5 Å². The molecule has 6 heteroatoms. The maximum Gasteiger partial charge on any atom is 0.322 e. The van der Waals surface area contributed by atoms with E-state index in [4.69, 9.17) is 4.98 Å².